The SMILES string of the molecule is Cc1cccc(CNC(=O)Nc2c(C)cccc2C)n1. The van der Waals surface area contributed by atoms with Crippen LogP contribution in [0.1, 0.15) is 22.5 Å². The summed E-state index contributed by atoms with van der Waals surface area (Å²) in [5.41, 5.74) is 4.76. The lowest BCUT2D eigenvalue weighted by Gasteiger charge is -2.12. The lowest BCUT2D eigenvalue weighted by molar-refractivity contribution is 0.251. The number of nitrogens with zero attached hydrogens (tertiary/aromatic N) is 1. The third-order valence-corrected chi connectivity index (χ3v) is 3.10. The summed E-state index contributed by atoms with van der Waals surface area (Å²) in [6, 6.07) is 11.5. The van der Waals surface area contributed by atoms with Gasteiger partial charge in [0.1, 0.15) is 0 Å². The van der Waals surface area contributed by atoms with Crippen LogP contribution in [0.25, 0.3) is 0 Å². The van der Waals surface area contributed by atoms with Crippen LogP contribution in [0.3, 0.4) is 0 Å². The molecule has 0 aliphatic rings. The number of nitrogens with one attached hydrogen (secondary N) is 2. The highest BCUT2D eigenvalue weighted by atomic mass is 16.2. The Morgan fingerprint density at radius 3 is 2.35 bits per heavy atom. The number of aryl methyl sites for hydroxylation is 3. The largest absolute Gasteiger partial charge is 0.332 e. The van der Waals surface area contributed by atoms with Crippen LogP contribution in [0.4, 0.5) is 10.5 Å². The second-order valence-electron chi connectivity index (χ2n) is 4.84. The van der Waals surface area contributed by atoms with Gasteiger partial charge in [0.05, 0.1) is 12.2 Å². The van der Waals surface area contributed by atoms with Gasteiger partial charge in [0.15, 0.2) is 0 Å². The summed E-state index contributed by atoms with van der Waals surface area (Å²) >= 11 is 0. The monoisotopic (exact) mass is 269 g/mol. The highest BCUT2D eigenvalue weighted by Crippen LogP contribution is 2.19. The lowest BCUT2D eigenvalue weighted by atomic mass is 10.1. The predicted molar refractivity (Wildman–Crippen MR) is 80.7 cm³/mol. The first-order chi connectivity index (χ1) is 9.56. The maximum absolute atomic E-state index is 11.9. The number of hydrogen-bond acceptors (Lipinski definition) is 2. The van der Waals surface area contributed by atoms with E-state index >= 15 is 0 Å². The van der Waals surface area contributed by atoms with Crippen LogP contribution in [0.15, 0.2) is 36.4 Å². The van der Waals surface area contributed by atoms with Crippen molar-refractivity contribution in [2.45, 2.75) is 27.3 Å². The van der Waals surface area contributed by atoms with E-state index in [-0.39, 0.29) is 6.03 Å². The van der Waals surface area contributed by atoms with E-state index in [2.05, 4.69) is 15.6 Å². The van der Waals surface area contributed by atoms with Crippen LogP contribution in [0, 0.1) is 20.8 Å². The van der Waals surface area contributed by atoms with E-state index in [1.54, 1.807) is 0 Å². The zero-order chi connectivity index (χ0) is 14.5. The third kappa shape index (κ3) is 3.57. The fourth-order valence-corrected chi connectivity index (χ4v) is 2.04. The Labute approximate surface area is 119 Å². The van der Waals surface area contributed by atoms with Crippen LogP contribution in [0.5, 0.6) is 0 Å². The van der Waals surface area contributed by atoms with Crippen molar-refractivity contribution in [2.75, 3.05) is 5.32 Å². The van der Waals surface area contributed by atoms with Gasteiger partial charge in [0, 0.05) is 11.4 Å². The van der Waals surface area contributed by atoms with Crippen molar-refractivity contribution in [1.29, 1.82) is 0 Å². The molecule has 0 bridgehead atoms. The molecule has 104 valence electrons. The van der Waals surface area contributed by atoms with Gasteiger partial charge in [-0.25, -0.2) is 4.79 Å². The number of amides is 2. The number of para-hydroxylation sites is 1. The highest BCUT2D eigenvalue weighted by Gasteiger charge is 2.06. The van der Waals surface area contributed by atoms with E-state index in [0.29, 0.717) is 6.54 Å². The van der Waals surface area contributed by atoms with Gasteiger partial charge in [0.25, 0.3) is 0 Å². The Morgan fingerprint density at radius 1 is 1.05 bits per heavy atom. The number of anilines is 1. The molecule has 4 heteroatoms. The molecule has 1 aromatic carbocycles. The molecule has 2 aromatic rings. The van der Waals surface area contributed by atoms with Gasteiger partial charge in [0.2, 0.25) is 0 Å². The fraction of sp³-hybridized carbons (Fsp3) is 0.250. The Hall–Kier alpha value is -2.36. The molecule has 2 N–H and O–H groups in total. The van der Waals surface area contributed by atoms with Gasteiger partial charge in [-0.15, -0.1) is 0 Å². The Bertz CT molecular complexity index is 603. The van der Waals surface area contributed by atoms with Crippen LogP contribution >= 0.6 is 0 Å². The average Bonchev–Trinajstić information content (AvgIpc) is 2.41. The highest BCUT2D eigenvalue weighted by molar-refractivity contribution is 5.90. The molecule has 4 nitrogen and oxygen atoms in total. The van der Waals surface area contributed by atoms with Crippen LogP contribution < -0.4 is 10.6 Å². The first kappa shape index (κ1) is 14.1. The number of carbonyl (C=O) groups excluding carboxylic acids is 1. The van der Waals surface area contributed by atoms with E-state index in [0.717, 1.165) is 28.2 Å². The molecule has 20 heavy (non-hydrogen) atoms. The normalized spacial score (nSPS) is 10.2. The summed E-state index contributed by atoms with van der Waals surface area (Å²) in [7, 11) is 0. The zero-order valence-electron chi connectivity index (χ0n) is 12.0. The molecule has 0 spiro atoms. The van der Waals surface area contributed by atoms with Crippen molar-refractivity contribution in [3.63, 3.8) is 0 Å². The quantitative estimate of drug-likeness (QED) is 0.898. The number of pyridine rings is 1. The van der Waals surface area contributed by atoms with Crippen molar-refractivity contribution in [2.24, 2.45) is 0 Å². The number of hydrogen-bond donors (Lipinski definition) is 2. The van der Waals surface area contributed by atoms with Gasteiger partial charge >= 0.3 is 6.03 Å². The minimum Gasteiger partial charge on any atom is -0.332 e. The topological polar surface area (TPSA) is 54.0 Å². The predicted octanol–water partition coefficient (Wildman–Crippen LogP) is 3.33. The molecule has 0 fully saturated rings. The molecular weight excluding hydrogens is 250 g/mol. The summed E-state index contributed by atoms with van der Waals surface area (Å²) < 4.78 is 0. The van der Waals surface area contributed by atoms with Crippen molar-refractivity contribution >= 4 is 11.7 Å². The summed E-state index contributed by atoms with van der Waals surface area (Å²) in [5.74, 6) is 0. The van der Waals surface area contributed by atoms with Gasteiger partial charge in [-0.2, -0.15) is 0 Å². The second kappa shape index (κ2) is 6.19. The zero-order valence-corrected chi connectivity index (χ0v) is 12.0. The van der Waals surface area contributed by atoms with Crippen molar-refractivity contribution in [1.82, 2.24) is 10.3 Å². The maximum atomic E-state index is 11.9. The number of urea groups is 1. The minimum absolute atomic E-state index is 0.217. The van der Waals surface area contributed by atoms with Crippen molar-refractivity contribution in [3.05, 3.63) is 58.9 Å². The average molecular weight is 269 g/mol. The molecule has 1 heterocycles. The molecule has 0 aliphatic heterocycles. The number of carbonyl (C=O) groups is 1. The Balaban J connectivity index is 1.96. The smallest absolute Gasteiger partial charge is 0.319 e. The first-order valence-electron chi connectivity index (χ1n) is 6.60. The van der Waals surface area contributed by atoms with E-state index in [9.17, 15) is 4.79 Å². The molecular formula is C16H19N3O. The molecule has 2 rings (SSSR count). The van der Waals surface area contributed by atoms with Gasteiger partial charge in [-0.05, 0) is 44.0 Å². The molecule has 0 saturated heterocycles. The fourth-order valence-electron chi connectivity index (χ4n) is 2.04. The van der Waals surface area contributed by atoms with Crippen molar-refractivity contribution in [3.8, 4) is 0 Å². The standard InChI is InChI=1S/C16H19N3O/c1-11-6-4-7-12(2)15(11)19-16(20)17-10-14-9-5-8-13(3)18-14/h4-9H,10H2,1-3H3,(H2,17,19,20). The van der Waals surface area contributed by atoms with E-state index in [1.165, 1.54) is 0 Å². The van der Waals surface area contributed by atoms with Crippen molar-refractivity contribution < 1.29 is 4.79 Å². The van der Waals surface area contributed by atoms with Crippen LogP contribution in [0.2, 0.25) is 0 Å². The Kier molecular flexibility index (Phi) is 4.35. The molecule has 0 aliphatic carbocycles. The first-order valence-corrected chi connectivity index (χ1v) is 6.60. The molecule has 0 atom stereocenters. The van der Waals surface area contributed by atoms with E-state index in [1.807, 2.05) is 57.2 Å². The summed E-state index contributed by atoms with van der Waals surface area (Å²) in [5, 5.41) is 5.70. The van der Waals surface area contributed by atoms with Crippen LogP contribution in [-0.4, -0.2) is 11.0 Å². The summed E-state index contributed by atoms with van der Waals surface area (Å²) in [6.07, 6.45) is 0. The number of aromatic nitrogens is 1. The van der Waals surface area contributed by atoms with E-state index in [4.69, 9.17) is 0 Å². The van der Waals surface area contributed by atoms with Crippen LogP contribution in [-0.2, 0) is 6.54 Å². The second-order valence-corrected chi connectivity index (χ2v) is 4.84. The third-order valence-electron chi connectivity index (χ3n) is 3.10. The molecule has 0 radical (unpaired) electrons. The van der Waals surface area contributed by atoms with E-state index < -0.39 is 0 Å². The number of rotatable bonds is 3. The minimum atomic E-state index is -0.217. The van der Waals surface area contributed by atoms with Gasteiger partial charge < -0.3 is 10.6 Å². The van der Waals surface area contributed by atoms with Gasteiger partial charge in [-0.1, -0.05) is 24.3 Å². The number of benzene rings is 1. The molecule has 1 aromatic heterocycles. The van der Waals surface area contributed by atoms with Gasteiger partial charge in [-0.3, -0.25) is 4.98 Å². The summed E-state index contributed by atoms with van der Waals surface area (Å²) in [6.45, 7) is 6.30. The summed E-state index contributed by atoms with van der Waals surface area (Å²) in [4.78, 5) is 16.3. The maximum Gasteiger partial charge on any atom is 0.319 e. The Morgan fingerprint density at radius 2 is 1.70 bits per heavy atom. The molecule has 2 amide bonds. The molecule has 0 saturated carbocycles. The lowest BCUT2D eigenvalue weighted by Crippen LogP contribution is -2.29. The molecule has 0 unspecified atom stereocenters.